The molecule has 0 saturated heterocycles. The molecule has 2 rings (SSSR count). The molecule has 2 N–H and O–H groups in total. The first-order chi connectivity index (χ1) is 8.15. The van der Waals surface area contributed by atoms with E-state index in [2.05, 4.69) is 0 Å². The monoisotopic (exact) mass is 269 g/mol. The normalized spacial score (nSPS) is 12.6. The van der Waals surface area contributed by atoms with E-state index in [4.69, 9.17) is 17.3 Å². The molecular weight excluding hydrogens is 257 g/mol. The van der Waals surface area contributed by atoms with Crippen LogP contribution in [0.2, 0.25) is 5.02 Å². The van der Waals surface area contributed by atoms with Gasteiger partial charge in [-0.15, -0.1) is 11.3 Å². The fraction of sp³-hybridized carbons (Fsp3) is 0.231. The van der Waals surface area contributed by atoms with Crippen LogP contribution in [0.4, 0.5) is 4.39 Å². The summed E-state index contributed by atoms with van der Waals surface area (Å²) < 4.78 is 13.6. The number of benzene rings is 1. The Morgan fingerprint density at radius 2 is 2.12 bits per heavy atom. The highest BCUT2D eigenvalue weighted by Gasteiger charge is 2.10. The molecule has 2 aromatic rings. The van der Waals surface area contributed by atoms with Crippen LogP contribution in [0.1, 0.15) is 10.4 Å². The largest absolute Gasteiger partial charge is 0.327 e. The number of hydrogen-bond donors (Lipinski definition) is 1. The van der Waals surface area contributed by atoms with Crippen molar-refractivity contribution in [3.63, 3.8) is 0 Å². The molecule has 1 aromatic carbocycles. The van der Waals surface area contributed by atoms with Crippen molar-refractivity contribution in [2.24, 2.45) is 5.73 Å². The lowest BCUT2D eigenvalue weighted by atomic mass is 10.0. The smallest absolute Gasteiger partial charge is 0.127 e. The average molecular weight is 270 g/mol. The second-order valence-electron chi connectivity index (χ2n) is 3.98. The third kappa shape index (κ3) is 3.53. The average Bonchev–Trinajstić information content (AvgIpc) is 2.75. The van der Waals surface area contributed by atoms with Crippen molar-refractivity contribution in [1.29, 1.82) is 0 Å². The fourth-order valence-corrected chi connectivity index (χ4v) is 2.69. The molecule has 90 valence electrons. The van der Waals surface area contributed by atoms with Crippen molar-refractivity contribution in [1.82, 2.24) is 0 Å². The lowest BCUT2D eigenvalue weighted by Gasteiger charge is -2.11. The predicted molar refractivity (Wildman–Crippen MR) is 71.1 cm³/mol. The van der Waals surface area contributed by atoms with Crippen LogP contribution in [-0.4, -0.2) is 6.04 Å². The minimum absolute atomic E-state index is 0.0654. The Hall–Kier alpha value is -0.900. The first-order valence-electron chi connectivity index (χ1n) is 5.37. The molecule has 0 amide bonds. The summed E-state index contributed by atoms with van der Waals surface area (Å²) in [4.78, 5) is 1.23. The van der Waals surface area contributed by atoms with Crippen molar-refractivity contribution in [2.45, 2.75) is 18.9 Å². The lowest BCUT2D eigenvalue weighted by molar-refractivity contribution is 0.585. The van der Waals surface area contributed by atoms with Crippen LogP contribution in [0.15, 0.2) is 35.7 Å². The van der Waals surface area contributed by atoms with Crippen molar-refractivity contribution in [3.05, 3.63) is 57.0 Å². The fourth-order valence-electron chi connectivity index (χ4n) is 1.73. The molecule has 0 aliphatic heterocycles. The van der Waals surface area contributed by atoms with Gasteiger partial charge in [0, 0.05) is 15.9 Å². The summed E-state index contributed by atoms with van der Waals surface area (Å²) in [6, 6.07) is 8.70. The quantitative estimate of drug-likeness (QED) is 0.901. The summed E-state index contributed by atoms with van der Waals surface area (Å²) in [7, 11) is 0. The molecule has 0 radical (unpaired) electrons. The van der Waals surface area contributed by atoms with Gasteiger partial charge in [0.2, 0.25) is 0 Å². The molecule has 0 fully saturated rings. The van der Waals surface area contributed by atoms with Crippen LogP contribution in [0.25, 0.3) is 0 Å². The van der Waals surface area contributed by atoms with E-state index in [1.54, 1.807) is 23.5 Å². The molecule has 1 nitrogen and oxygen atoms in total. The molecule has 17 heavy (non-hydrogen) atoms. The molecule has 0 bridgehead atoms. The molecule has 1 aromatic heterocycles. The van der Waals surface area contributed by atoms with Crippen molar-refractivity contribution >= 4 is 22.9 Å². The maximum Gasteiger partial charge on any atom is 0.127 e. The minimum Gasteiger partial charge on any atom is -0.327 e. The Morgan fingerprint density at radius 1 is 1.29 bits per heavy atom. The van der Waals surface area contributed by atoms with Gasteiger partial charge < -0.3 is 5.73 Å². The molecular formula is C13H13ClFNS. The number of hydrogen-bond acceptors (Lipinski definition) is 2. The molecule has 0 aliphatic carbocycles. The van der Waals surface area contributed by atoms with Gasteiger partial charge in [-0.3, -0.25) is 0 Å². The van der Waals surface area contributed by atoms with Crippen LogP contribution in [0.3, 0.4) is 0 Å². The van der Waals surface area contributed by atoms with E-state index in [0.717, 1.165) is 6.42 Å². The first-order valence-corrected chi connectivity index (χ1v) is 6.63. The highest BCUT2D eigenvalue weighted by atomic mass is 35.5. The highest BCUT2D eigenvalue weighted by molar-refractivity contribution is 7.09. The zero-order chi connectivity index (χ0) is 12.3. The maximum absolute atomic E-state index is 13.6. The number of nitrogens with two attached hydrogens (primary N) is 1. The summed E-state index contributed by atoms with van der Waals surface area (Å²) >= 11 is 7.37. The zero-order valence-corrected chi connectivity index (χ0v) is 10.8. The second-order valence-corrected chi connectivity index (χ2v) is 5.45. The van der Waals surface area contributed by atoms with Crippen LogP contribution >= 0.6 is 22.9 Å². The van der Waals surface area contributed by atoms with Gasteiger partial charge in [-0.2, -0.15) is 0 Å². The van der Waals surface area contributed by atoms with Crippen molar-refractivity contribution in [2.75, 3.05) is 0 Å². The standard InChI is InChI=1S/C13H13ClFNS/c14-10-4-3-9(13(15)7-10)6-11(16)8-12-2-1-5-17-12/h1-5,7,11H,6,8,16H2. The third-order valence-corrected chi connectivity index (χ3v) is 3.67. The zero-order valence-electron chi connectivity index (χ0n) is 9.20. The summed E-state index contributed by atoms with van der Waals surface area (Å²) in [5.41, 5.74) is 6.63. The van der Waals surface area contributed by atoms with Crippen molar-refractivity contribution < 1.29 is 4.39 Å². The van der Waals surface area contributed by atoms with E-state index in [-0.39, 0.29) is 11.9 Å². The van der Waals surface area contributed by atoms with Crippen LogP contribution in [0.5, 0.6) is 0 Å². The van der Waals surface area contributed by atoms with Gasteiger partial charge >= 0.3 is 0 Å². The summed E-state index contributed by atoms with van der Waals surface area (Å²) in [6.07, 6.45) is 1.31. The molecule has 0 spiro atoms. The Balaban J connectivity index is 2.00. The minimum atomic E-state index is -0.279. The van der Waals surface area contributed by atoms with Crippen LogP contribution < -0.4 is 5.73 Å². The number of thiophene rings is 1. The highest BCUT2D eigenvalue weighted by Crippen LogP contribution is 2.17. The van der Waals surface area contributed by atoms with E-state index in [1.165, 1.54) is 10.9 Å². The molecule has 1 heterocycles. The summed E-state index contributed by atoms with van der Waals surface area (Å²) in [5.74, 6) is -0.279. The van der Waals surface area contributed by atoms with Gasteiger partial charge in [0.1, 0.15) is 5.82 Å². The third-order valence-electron chi connectivity index (χ3n) is 2.54. The molecule has 0 saturated carbocycles. The maximum atomic E-state index is 13.6. The molecule has 1 unspecified atom stereocenters. The topological polar surface area (TPSA) is 26.0 Å². The van der Waals surface area contributed by atoms with Crippen LogP contribution in [-0.2, 0) is 12.8 Å². The van der Waals surface area contributed by atoms with Gasteiger partial charge in [-0.25, -0.2) is 4.39 Å². The summed E-state index contributed by atoms with van der Waals surface area (Å²) in [5, 5.41) is 2.43. The number of rotatable bonds is 4. The van der Waals surface area contributed by atoms with Crippen LogP contribution in [0, 0.1) is 5.82 Å². The SMILES string of the molecule is NC(Cc1cccs1)Cc1ccc(Cl)cc1F. The lowest BCUT2D eigenvalue weighted by Crippen LogP contribution is -2.25. The van der Waals surface area contributed by atoms with E-state index >= 15 is 0 Å². The Bertz CT molecular complexity index is 484. The van der Waals surface area contributed by atoms with Gasteiger partial charge in [0.25, 0.3) is 0 Å². The first kappa shape index (κ1) is 12.6. The molecule has 1 atom stereocenters. The Labute approximate surface area is 109 Å². The Morgan fingerprint density at radius 3 is 2.76 bits per heavy atom. The van der Waals surface area contributed by atoms with Gasteiger partial charge in [-0.05, 0) is 42.0 Å². The number of halogens is 2. The van der Waals surface area contributed by atoms with Crippen molar-refractivity contribution in [3.8, 4) is 0 Å². The van der Waals surface area contributed by atoms with Gasteiger partial charge in [0.05, 0.1) is 0 Å². The van der Waals surface area contributed by atoms with Gasteiger partial charge in [-0.1, -0.05) is 23.7 Å². The molecule has 4 heteroatoms. The van der Waals surface area contributed by atoms with E-state index in [1.807, 2.05) is 17.5 Å². The Kier molecular flexibility index (Phi) is 4.15. The van der Waals surface area contributed by atoms with E-state index in [9.17, 15) is 4.39 Å². The predicted octanol–water partition coefficient (Wildman–Crippen LogP) is 3.65. The second kappa shape index (κ2) is 5.63. The molecule has 0 aliphatic rings. The van der Waals surface area contributed by atoms with E-state index < -0.39 is 0 Å². The van der Waals surface area contributed by atoms with Gasteiger partial charge in [0.15, 0.2) is 0 Å². The van der Waals surface area contributed by atoms with E-state index in [0.29, 0.717) is 17.0 Å². The summed E-state index contributed by atoms with van der Waals surface area (Å²) in [6.45, 7) is 0.